The van der Waals surface area contributed by atoms with Gasteiger partial charge in [0.1, 0.15) is 0 Å². The number of halogens is 1. The molecule has 1 heterocycles. The minimum atomic E-state index is -0.151. The molecule has 0 saturated carbocycles. The van der Waals surface area contributed by atoms with E-state index in [1.165, 1.54) is 0 Å². The Labute approximate surface area is 106 Å². The van der Waals surface area contributed by atoms with E-state index < -0.39 is 0 Å². The lowest BCUT2D eigenvalue weighted by molar-refractivity contribution is -0.116. The fourth-order valence-corrected chi connectivity index (χ4v) is 2.36. The van der Waals surface area contributed by atoms with Crippen LogP contribution in [0.25, 0.3) is 0 Å². The van der Waals surface area contributed by atoms with Crippen LogP contribution in [-0.2, 0) is 4.79 Å². The van der Waals surface area contributed by atoms with Crippen molar-refractivity contribution in [2.75, 3.05) is 5.32 Å². The van der Waals surface area contributed by atoms with Crippen LogP contribution in [0.5, 0.6) is 0 Å². The zero-order valence-electron chi connectivity index (χ0n) is 10.3. The fraction of sp³-hybridized carbons (Fsp3) is 0.462. The fourth-order valence-electron chi connectivity index (χ4n) is 2.07. The highest BCUT2D eigenvalue weighted by Crippen LogP contribution is 2.40. The monoisotopic (exact) mass is 252 g/mol. The van der Waals surface area contributed by atoms with Crippen molar-refractivity contribution in [3.8, 4) is 0 Å². The van der Waals surface area contributed by atoms with Gasteiger partial charge in [0.2, 0.25) is 5.91 Å². The quantitative estimate of drug-likeness (QED) is 0.850. The number of amides is 1. The van der Waals surface area contributed by atoms with Gasteiger partial charge in [0.05, 0.1) is 16.6 Å². The molecule has 3 N–H and O–H groups in total. The summed E-state index contributed by atoms with van der Waals surface area (Å²) in [6.45, 7) is 6.01. The lowest BCUT2D eigenvalue weighted by Crippen LogP contribution is -2.17. The molecule has 1 amide bonds. The van der Waals surface area contributed by atoms with Crippen molar-refractivity contribution in [1.29, 1.82) is 0 Å². The van der Waals surface area contributed by atoms with Crippen molar-refractivity contribution >= 4 is 23.2 Å². The number of rotatable bonds is 2. The molecule has 1 aliphatic heterocycles. The van der Waals surface area contributed by atoms with Gasteiger partial charge in [-0.2, -0.15) is 0 Å². The molecule has 0 fully saturated rings. The molecule has 0 radical (unpaired) electrons. The molecule has 0 aliphatic carbocycles. The molecule has 1 aromatic rings. The Hall–Kier alpha value is -1.06. The van der Waals surface area contributed by atoms with Crippen molar-refractivity contribution in [3.05, 3.63) is 28.3 Å². The van der Waals surface area contributed by atoms with Crippen molar-refractivity contribution in [3.63, 3.8) is 0 Å². The molecule has 0 bridgehead atoms. The molecule has 4 heteroatoms. The van der Waals surface area contributed by atoms with Gasteiger partial charge in [0, 0.05) is 6.04 Å². The Morgan fingerprint density at radius 1 is 1.41 bits per heavy atom. The van der Waals surface area contributed by atoms with Gasteiger partial charge in [-0.1, -0.05) is 31.5 Å². The Morgan fingerprint density at radius 2 is 2.06 bits per heavy atom. The van der Waals surface area contributed by atoms with Gasteiger partial charge >= 0.3 is 0 Å². The maximum Gasteiger partial charge on any atom is 0.231 e. The molecule has 2 atom stereocenters. The standard InChI is InChI=1S/C13H17ClN2O/c1-6(2)11(15)8-4-9-7(3)13(17)16-12(9)10(14)5-8/h4-7,11H,15H2,1-3H3,(H,16,17). The molecule has 1 aliphatic rings. The number of hydrogen-bond acceptors (Lipinski definition) is 2. The van der Waals surface area contributed by atoms with Crippen LogP contribution < -0.4 is 11.1 Å². The summed E-state index contributed by atoms with van der Waals surface area (Å²) < 4.78 is 0. The van der Waals surface area contributed by atoms with Crippen LogP contribution in [0.2, 0.25) is 5.02 Å². The Balaban J connectivity index is 2.48. The van der Waals surface area contributed by atoms with E-state index in [-0.39, 0.29) is 17.9 Å². The summed E-state index contributed by atoms with van der Waals surface area (Å²) in [5.41, 5.74) is 8.80. The van der Waals surface area contributed by atoms with Crippen molar-refractivity contribution < 1.29 is 4.79 Å². The summed E-state index contributed by atoms with van der Waals surface area (Å²) in [4.78, 5) is 11.6. The van der Waals surface area contributed by atoms with E-state index in [1.807, 2.05) is 19.1 Å². The second-order valence-corrected chi connectivity index (χ2v) is 5.35. The largest absolute Gasteiger partial charge is 0.324 e. The highest BCUT2D eigenvalue weighted by molar-refractivity contribution is 6.34. The van der Waals surface area contributed by atoms with Gasteiger partial charge in [-0.05, 0) is 30.0 Å². The molecule has 3 nitrogen and oxygen atoms in total. The lowest BCUT2D eigenvalue weighted by atomic mass is 9.93. The maximum absolute atomic E-state index is 11.6. The summed E-state index contributed by atoms with van der Waals surface area (Å²) in [6.07, 6.45) is 0. The van der Waals surface area contributed by atoms with Gasteiger partial charge in [-0.25, -0.2) is 0 Å². The zero-order valence-corrected chi connectivity index (χ0v) is 11.0. The van der Waals surface area contributed by atoms with E-state index in [9.17, 15) is 4.79 Å². The summed E-state index contributed by atoms with van der Waals surface area (Å²) in [5, 5.41) is 3.37. The predicted molar refractivity (Wildman–Crippen MR) is 70.3 cm³/mol. The first-order valence-electron chi connectivity index (χ1n) is 5.81. The van der Waals surface area contributed by atoms with Gasteiger partial charge in [0.15, 0.2) is 0 Å². The molecular formula is C13H17ClN2O. The van der Waals surface area contributed by atoms with E-state index in [0.717, 1.165) is 16.8 Å². The SMILES string of the molecule is CC1C(=O)Nc2c(Cl)cc(C(N)C(C)C)cc21. The average Bonchev–Trinajstić information content (AvgIpc) is 2.55. The minimum Gasteiger partial charge on any atom is -0.324 e. The first-order valence-corrected chi connectivity index (χ1v) is 6.19. The summed E-state index contributed by atoms with van der Waals surface area (Å²) in [7, 11) is 0. The number of nitrogens with two attached hydrogens (primary N) is 1. The second-order valence-electron chi connectivity index (χ2n) is 4.95. The Bertz CT molecular complexity index is 471. The van der Waals surface area contributed by atoms with E-state index in [4.69, 9.17) is 17.3 Å². The first kappa shape index (κ1) is 12.4. The predicted octanol–water partition coefficient (Wildman–Crippen LogP) is 3.05. The highest BCUT2D eigenvalue weighted by Gasteiger charge is 2.29. The van der Waals surface area contributed by atoms with Crippen LogP contribution in [0.1, 0.15) is 43.9 Å². The zero-order chi connectivity index (χ0) is 12.7. The average molecular weight is 253 g/mol. The normalized spacial score (nSPS) is 20.4. The molecule has 92 valence electrons. The van der Waals surface area contributed by atoms with E-state index in [0.29, 0.717) is 10.9 Å². The number of anilines is 1. The van der Waals surface area contributed by atoms with Gasteiger partial charge in [0.25, 0.3) is 0 Å². The van der Waals surface area contributed by atoms with Crippen LogP contribution in [0.15, 0.2) is 12.1 Å². The highest BCUT2D eigenvalue weighted by atomic mass is 35.5. The van der Waals surface area contributed by atoms with Crippen LogP contribution in [0.4, 0.5) is 5.69 Å². The van der Waals surface area contributed by atoms with Gasteiger partial charge in [-0.3, -0.25) is 4.79 Å². The van der Waals surface area contributed by atoms with Gasteiger partial charge in [-0.15, -0.1) is 0 Å². The van der Waals surface area contributed by atoms with Crippen LogP contribution in [-0.4, -0.2) is 5.91 Å². The van der Waals surface area contributed by atoms with Crippen LogP contribution in [0, 0.1) is 5.92 Å². The first-order chi connectivity index (χ1) is 7.91. The van der Waals surface area contributed by atoms with Crippen LogP contribution in [0.3, 0.4) is 0 Å². The molecule has 0 saturated heterocycles. The number of hydrogen-bond donors (Lipinski definition) is 2. The molecule has 0 spiro atoms. The van der Waals surface area contributed by atoms with E-state index in [2.05, 4.69) is 19.2 Å². The number of fused-ring (bicyclic) bond motifs is 1. The van der Waals surface area contributed by atoms with Crippen molar-refractivity contribution in [2.24, 2.45) is 11.7 Å². The number of benzene rings is 1. The molecule has 2 rings (SSSR count). The third-order valence-corrected chi connectivity index (χ3v) is 3.65. The maximum atomic E-state index is 11.6. The second kappa shape index (κ2) is 4.31. The number of nitrogens with one attached hydrogen (secondary N) is 1. The third kappa shape index (κ3) is 2.05. The molecule has 0 aromatic heterocycles. The Kier molecular flexibility index (Phi) is 3.15. The van der Waals surface area contributed by atoms with E-state index >= 15 is 0 Å². The van der Waals surface area contributed by atoms with E-state index in [1.54, 1.807) is 0 Å². The topological polar surface area (TPSA) is 55.1 Å². The number of carbonyl (C=O) groups excluding carboxylic acids is 1. The number of carbonyl (C=O) groups is 1. The molecular weight excluding hydrogens is 236 g/mol. The Morgan fingerprint density at radius 3 is 2.65 bits per heavy atom. The summed E-state index contributed by atoms with van der Waals surface area (Å²) in [5.74, 6) is 0.184. The van der Waals surface area contributed by atoms with Crippen molar-refractivity contribution in [1.82, 2.24) is 0 Å². The molecule has 17 heavy (non-hydrogen) atoms. The lowest BCUT2D eigenvalue weighted by Gasteiger charge is -2.18. The van der Waals surface area contributed by atoms with Crippen LogP contribution >= 0.6 is 11.6 Å². The minimum absolute atomic E-state index is 0.00262. The summed E-state index contributed by atoms with van der Waals surface area (Å²) in [6, 6.07) is 3.79. The van der Waals surface area contributed by atoms with Crippen molar-refractivity contribution in [2.45, 2.75) is 32.7 Å². The molecule has 2 unspecified atom stereocenters. The molecule has 1 aromatic carbocycles. The summed E-state index contributed by atoms with van der Waals surface area (Å²) >= 11 is 6.18. The third-order valence-electron chi connectivity index (χ3n) is 3.35. The van der Waals surface area contributed by atoms with Gasteiger partial charge < -0.3 is 11.1 Å². The smallest absolute Gasteiger partial charge is 0.231 e.